The van der Waals surface area contributed by atoms with Gasteiger partial charge >= 0.3 is 0 Å². The van der Waals surface area contributed by atoms with Crippen molar-refractivity contribution < 1.29 is 9.59 Å². The molecule has 1 saturated carbocycles. The first kappa shape index (κ1) is 28.1. The van der Waals surface area contributed by atoms with E-state index < -0.39 is 6.04 Å². The van der Waals surface area contributed by atoms with E-state index in [1.807, 2.05) is 59.5 Å². The van der Waals surface area contributed by atoms with Gasteiger partial charge in [-0.3, -0.25) is 9.59 Å². The van der Waals surface area contributed by atoms with Gasteiger partial charge in [-0.05, 0) is 60.1 Å². The molecule has 1 N–H and O–H groups in total. The normalized spacial score (nSPS) is 14.6. The van der Waals surface area contributed by atoms with E-state index in [0.29, 0.717) is 25.8 Å². The van der Waals surface area contributed by atoms with Crippen molar-refractivity contribution in [2.45, 2.75) is 83.3 Å². The summed E-state index contributed by atoms with van der Waals surface area (Å²) in [6.07, 6.45) is 8.05. The molecule has 2 amide bonds. The first-order valence-corrected chi connectivity index (χ1v) is 14.8. The topological polar surface area (TPSA) is 49.4 Å². The van der Waals surface area contributed by atoms with Gasteiger partial charge in [0.2, 0.25) is 11.8 Å². The fourth-order valence-electron chi connectivity index (χ4n) is 5.22. The maximum atomic E-state index is 13.9. The van der Waals surface area contributed by atoms with Gasteiger partial charge in [-0.1, -0.05) is 109 Å². The Bertz CT molecular complexity index is 1160. The van der Waals surface area contributed by atoms with Gasteiger partial charge in [0.25, 0.3) is 0 Å². The third-order valence-electron chi connectivity index (χ3n) is 7.55. The highest BCUT2D eigenvalue weighted by molar-refractivity contribution is 9.10. The van der Waals surface area contributed by atoms with Crippen LogP contribution in [-0.4, -0.2) is 28.8 Å². The van der Waals surface area contributed by atoms with Crippen molar-refractivity contribution in [3.63, 3.8) is 0 Å². The summed E-state index contributed by atoms with van der Waals surface area (Å²) in [6.45, 7) is 2.54. The molecule has 0 radical (unpaired) electrons. The van der Waals surface area contributed by atoms with Crippen LogP contribution in [0, 0.1) is 0 Å². The summed E-state index contributed by atoms with van der Waals surface area (Å²) in [7, 11) is 0. The number of aryl methyl sites for hydroxylation is 2. The molecule has 3 aromatic carbocycles. The van der Waals surface area contributed by atoms with Crippen LogP contribution >= 0.6 is 15.9 Å². The van der Waals surface area contributed by atoms with Crippen LogP contribution in [0.4, 0.5) is 0 Å². The van der Waals surface area contributed by atoms with Gasteiger partial charge in [0.1, 0.15) is 6.04 Å². The average Bonchev–Trinajstić information content (AvgIpc) is 2.96. The Morgan fingerprint density at radius 1 is 0.842 bits per heavy atom. The maximum Gasteiger partial charge on any atom is 0.243 e. The van der Waals surface area contributed by atoms with Gasteiger partial charge < -0.3 is 10.2 Å². The molecule has 1 atom stereocenters. The average molecular weight is 576 g/mol. The third kappa shape index (κ3) is 8.29. The van der Waals surface area contributed by atoms with Crippen LogP contribution in [0.15, 0.2) is 83.3 Å². The maximum absolute atomic E-state index is 13.9. The second-order valence-corrected chi connectivity index (χ2v) is 11.3. The number of nitrogens with zero attached hydrogens (tertiary/aromatic N) is 1. The van der Waals surface area contributed by atoms with Crippen LogP contribution in [0.1, 0.15) is 67.7 Å². The van der Waals surface area contributed by atoms with Gasteiger partial charge in [-0.2, -0.15) is 0 Å². The molecule has 0 bridgehead atoms. The molecule has 1 unspecified atom stereocenters. The number of benzene rings is 3. The number of rotatable bonds is 11. The lowest BCUT2D eigenvalue weighted by molar-refractivity contribution is -0.141. The van der Waals surface area contributed by atoms with E-state index in [4.69, 9.17) is 0 Å². The lowest BCUT2D eigenvalue weighted by atomic mass is 9.94. The molecule has 5 heteroatoms. The van der Waals surface area contributed by atoms with Gasteiger partial charge in [0, 0.05) is 29.9 Å². The molecule has 0 saturated heterocycles. The molecular formula is C33H39BrN2O2. The van der Waals surface area contributed by atoms with Crippen LogP contribution < -0.4 is 5.32 Å². The minimum atomic E-state index is -0.571. The number of nitrogens with one attached hydrogen (secondary N) is 1. The minimum absolute atomic E-state index is 0.00668. The zero-order chi connectivity index (χ0) is 26.7. The second kappa shape index (κ2) is 14.3. The Balaban J connectivity index is 1.58. The number of carbonyl (C=O) groups excluding carboxylic acids is 2. The fraction of sp³-hybridized carbons (Fsp3) is 0.394. The van der Waals surface area contributed by atoms with E-state index in [1.54, 1.807) is 0 Å². The molecule has 0 heterocycles. The van der Waals surface area contributed by atoms with Crippen molar-refractivity contribution in [2.75, 3.05) is 0 Å². The largest absolute Gasteiger partial charge is 0.352 e. The molecule has 3 aromatic rings. The van der Waals surface area contributed by atoms with Crippen LogP contribution in [0.3, 0.4) is 0 Å². The quantitative estimate of drug-likeness (QED) is 0.267. The number of carbonyl (C=O) groups is 2. The molecule has 38 heavy (non-hydrogen) atoms. The standard InChI is InChI=1S/C33H39BrN2O2/c1-2-25-13-15-26(16-14-25)19-22-32(37)36(24-28-17-20-29(34)21-18-28)31(23-27-9-5-3-6-10-27)33(38)35-30-11-7-4-8-12-30/h3,5-6,9-10,13-18,20-21,30-31H,2,4,7-8,11-12,19,22-24H2,1H3,(H,35,38). The lowest BCUT2D eigenvalue weighted by Crippen LogP contribution is -2.52. The van der Waals surface area contributed by atoms with Crippen molar-refractivity contribution in [1.82, 2.24) is 10.2 Å². The summed E-state index contributed by atoms with van der Waals surface area (Å²) >= 11 is 3.51. The smallest absolute Gasteiger partial charge is 0.243 e. The molecule has 1 aliphatic rings. The highest BCUT2D eigenvalue weighted by atomic mass is 79.9. The van der Waals surface area contributed by atoms with Gasteiger partial charge in [0.05, 0.1) is 0 Å². The molecular weight excluding hydrogens is 536 g/mol. The van der Waals surface area contributed by atoms with E-state index in [1.165, 1.54) is 12.0 Å². The van der Waals surface area contributed by atoms with E-state index >= 15 is 0 Å². The number of halogens is 1. The second-order valence-electron chi connectivity index (χ2n) is 10.4. The van der Waals surface area contributed by atoms with Crippen LogP contribution in [0.5, 0.6) is 0 Å². The van der Waals surface area contributed by atoms with E-state index in [0.717, 1.165) is 53.3 Å². The third-order valence-corrected chi connectivity index (χ3v) is 8.08. The Morgan fingerprint density at radius 2 is 1.47 bits per heavy atom. The van der Waals surface area contributed by atoms with Crippen LogP contribution in [-0.2, 0) is 35.4 Å². The van der Waals surface area contributed by atoms with Gasteiger partial charge in [0.15, 0.2) is 0 Å². The van der Waals surface area contributed by atoms with Crippen molar-refractivity contribution in [1.29, 1.82) is 0 Å². The number of amides is 2. The van der Waals surface area contributed by atoms with Crippen molar-refractivity contribution >= 4 is 27.7 Å². The number of hydrogen-bond acceptors (Lipinski definition) is 2. The Labute approximate surface area is 236 Å². The van der Waals surface area contributed by atoms with Crippen molar-refractivity contribution in [2.24, 2.45) is 0 Å². The monoisotopic (exact) mass is 574 g/mol. The van der Waals surface area contributed by atoms with E-state index in [-0.39, 0.29) is 17.9 Å². The van der Waals surface area contributed by atoms with E-state index in [9.17, 15) is 9.59 Å². The first-order chi connectivity index (χ1) is 18.5. The molecule has 4 rings (SSSR count). The molecule has 1 fully saturated rings. The zero-order valence-electron chi connectivity index (χ0n) is 22.4. The highest BCUT2D eigenvalue weighted by Gasteiger charge is 2.31. The van der Waals surface area contributed by atoms with Gasteiger partial charge in [-0.25, -0.2) is 0 Å². The minimum Gasteiger partial charge on any atom is -0.352 e. The molecule has 0 spiro atoms. The Kier molecular flexibility index (Phi) is 10.6. The van der Waals surface area contributed by atoms with Crippen LogP contribution in [0.25, 0.3) is 0 Å². The van der Waals surface area contributed by atoms with Gasteiger partial charge in [-0.15, -0.1) is 0 Å². The summed E-state index contributed by atoms with van der Waals surface area (Å²) in [5.74, 6) is -0.0364. The summed E-state index contributed by atoms with van der Waals surface area (Å²) in [5, 5.41) is 3.32. The Morgan fingerprint density at radius 3 is 2.13 bits per heavy atom. The van der Waals surface area contributed by atoms with E-state index in [2.05, 4.69) is 52.4 Å². The van der Waals surface area contributed by atoms with Crippen molar-refractivity contribution in [3.8, 4) is 0 Å². The molecule has 1 aliphatic carbocycles. The lowest BCUT2D eigenvalue weighted by Gasteiger charge is -2.33. The number of hydrogen-bond donors (Lipinski definition) is 1. The summed E-state index contributed by atoms with van der Waals surface area (Å²) in [6, 6.07) is 26.2. The summed E-state index contributed by atoms with van der Waals surface area (Å²) in [5.41, 5.74) is 4.50. The van der Waals surface area contributed by atoms with Crippen molar-refractivity contribution in [3.05, 3.63) is 106 Å². The SMILES string of the molecule is CCc1ccc(CCC(=O)N(Cc2ccc(Br)cc2)C(Cc2ccccc2)C(=O)NC2CCCCC2)cc1. The predicted octanol–water partition coefficient (Wildman–Crippen LogP) is 7.03. The molecule has 0 aliphatic heterocycles. The molecule has 4 nitrogen and oxygen atoms in total. The summed E-state index contributed by atoms with van der Waals surface area (Å²) < 4.78 is 0.991. The molecule has 0 aromatic heterocycles. The first-order valence-electron chi connectivity index (χ1n) is 14.0. The summed E-state index contributed by atoms with van der Waals surface area (Å²) in [4.78, 5) is 29.5. The molecule has 200 valence electrons. The van der Waals surface area contributed by atoms with Crippen LogP contribution in [0.2, 0.25) is 0 Å². The zero-order valence-corrected chi connectivity index (χ0v) is 24.0. The Hall–Kier alpha value is -2.92. The fourth-order valence-corrected chi connectivity index (χ4v) is 5.49. The highest BCUT2D eigenvalue weighted by Crippen LogP contribution is 2.21. The predicted molar refractivity (Wildman–Crippen MR) is 158 cm³/mol.